The molecule has 0 heterocycles. The van der Waals surface area contributed by atoms with Crippen molar-refractivity contribution in [3.05, 3.63) is 198 Å². The van der Waals surface area contributed by atoms with Gasteiger partial charge in [-0.2, -0.15) is 0 Å². The van der Waals surface area contributed by atoms with Gasteiger partial charge in [-0.15, -0.1) is 0 Å². The number of amidine groups is 1. The van der Waals surface area contributed by atoms with E-state index in [2.05, 4.69) is 184 Å². The summed E-state index contributed by atoms with van der Waals surface area (Å²) in [6.07, 6.45) is 2.96. The van der Waals surface area contributed by atoms with Crippen molar-refractivity contribution >= 4 is 43.9 Å². The molecule has 0 saturated carbocycles. The number of hydrogen-bond acceptors (Lipinski definition) is 1. The number of allylic oxidation sites excluding steroid dienone is 1. The molecule has 0 amide bonds. The maximum Gasteiger partial charge on any atom is 0.131 e. The Morgan fingerprint density at radius 1 is 0.529 bits per heavy atom. The van der Waals surface area contributed by atoms with Crippen LogP contribution in [0.4, 0.5) is 0 Å². The van der Waals surface area contributed by atoms with Gasteiger partial charge in [0.15, 0.2) is 0 Å². The molecule has 244 valence electrons. The average Bonchev–Trinajstić information content (AvgIpc) is 3.39. The zero-order chi connectivity index (χ0) is 34.5. The SMILES string of the molecule is CC1(C)c2cc(-c3ccc(/C(=C/Cc4ccccc4)N=C(N)c4cccc5ccccc45)c4ccccc34)ccc2-c2cc3ccccc3cc21. The van der Waals surface area contributed by atoms with Gasteiger partial charge in [0.05, 0.1) is 5.70 Å². The van der Waals surface area contributed by atoms with E-state index in [9.17, 15) is 0 Å². The number of aliphatic imine (C=N–C) groups is 1. The number of rotatable bonds is 6. The van der Waals surface area contributed by atoms with E-state index < -0.39 is 0 Å². The molecule has 51 heavy (non-hydrogen) atoms. The van der Waals surface area contributed by atoms with Gasteiger partial charge in [-0.1, -0.05) is 166 Å². The van der Waals surface area contributed by atoms with Gasteiger partial charge in [0, 0.05) is 16.5 Å². The highest BCUT2D eigenvalue weighted by atomic mass is 14.9. The Bertz CT molecular complexity index is 2690. The third kappa shape index (κ3) is 5.32. The summed E-state index contributed by atoms with van der Waals surface area (Å²) in [6.45, 7) is 4.72. The average molecular weight is 655 g/mol. The fourth-order valence-electron chi connectivity index (χ4n) is 8.05. The topological polar surface area (TPSA) is 38.4 Å². The maximum atomic E-state index is 6.89. The Morgan fingerprint density at radius 2 is 1.16 bits per heavy atom. The van der Waals surface area contributed by atoms with Crippen molar-refractivity contribution in [3.63, 3.8) is 0 Å². The summed E-state index contributed by atoms with van der Waals surface area (Å²) in [5, 5.41) is 7.16. The van der Waals surface area contributed by atoms with Gasteiger partial charge in [0.1, 0.15) is 5.84 Å². The molecular formula is C49H38N2. The van der Waals surface area contributed by atoms with Crippen LogP contribution in [0.1, 0.15) is 41.7 Å². The van der Waals surface area contributed by atoms with Crippen molar-refractivity contribution in [1.29, 1.82) is 0 Å². The minimum atomic E-state index is -0.109. The van der Waals surface area contributed by atoms with E-state index in [4.69, 9.17) is 10.7 Å². The summed E-state index contributed by atoms with van der Waals surface area (Å²) in [7, 11) is 0. The first-order valence-corrected chi connectivity index (χ1v) is 17.7. The molecule has 0 aliphatic heterocycles. The van der Waals surface area contributed by atoms with Gasteiger partial charge < -0.3 is 5.73 Å². The van der Waals surface area contributed by atoms with Crippen molar-refractivity contribution in [2.75, 3.05) is 0 Å². The minimum absolute atomic E-state index is 0.109. The first-order valence-electron chi connectivity index (χ1n) is 17.7. The van der Waals surface area contributed by atoms with Gasteiger partial charge >= 0.3 is 0 Å². The van der Waals surface area contributed by atoms with Crippen LogP contribution < -0.4 is 5.73 Å². The first-order chi connectivity index (χ1) is 25.0. The number of hydrogen-bond donors (Lipinski definition) is 1. The van der Waals surface area contributed by atoms with E-state index >= 15 is 0 Å². The van der Waals surface area contributed by atoms with Gasteiger partial charge in [0.25, 0.3) is 0 Å². The highest BCUT2D eigenvalue weighted by molar-refractivity contribution is 6.12. The second-order valence-corrected chi connectivity index (χ2v) is 14.1. The molecule has 8 aromatic carbocycles. The van der Waals surface area contributed by atoms with Crippen LogP contribution in [-0.2, 0) is 11.8 Å². The molecular weight excluding hydrogens is 617 g/mol. The Hall–Kier alpha value is -6.25. The first kappa shape index (κ1) is 30.8. The molecule has 0 radical (unpaired) electrons. The zero-order valence-corrected chi connectivity index (χ0v) is 28.9. The number of nitrogens with two attached hydrogens (primary N) is 1. The van der Waals surface area contributed by atoms with E-state index in [1.165, 1.54) is 55.1 Å². The number of nitrogens with zero attached hydrogens (tertiary/aromatic N) is 1. The minimum Gasteiger partial charge on any atom is -0.383 e. The lowest BCUT2D eigenvalue weighted by Gasteiger charge is -2.22. The molecule has 0 fully saturated rings. The van der Waals surface area contributed by atoms with E-state index in [-0.39, 0.29) is 5.41 Å². The lowest BCUT2D eigenvalue weighted by Crippen LogP contribution is -2.15. The molecule has 0 saturated heterocycles. The third-order valence-corrected chi connectivity index (χ3v) is 10.7. The Morgan fingerprint density at radius 3 is 1.96 bits per heavy atom. The predicted octanol–water partition coefficient (Wildman–Crippen LogP) is 12.1. The van der Waals surface area contributed by atoms with Gasteiger partial charge in [-0.25, -0.2) is 4.99 Å². The van der Waals surface area contributed by atoms with E-state index in [1.54, 1.807) is 0 Å². The molecule has 0 spiro atoms. The smallest absolute Gasteiger partial charge is 0.131 e. The molecule has 0 atom stereocenters. The number of fused-ring (bicyclic) bond motifs is 6. The fraction of sp³-hybridized carbons (Fsp3) is 0.0816. The molecule has 2 heteroatoms. The van der Waals surface area contributed by atoms with Crippen LogP contribution in [0.25, 0.3) is 60.3 Å². The van der Waals surface area contributed by atoms with Crippen LogP contribution in [0.5, 0.6) is 0 Å². The summed E-state index contributed by atoms with van der Waals surface area (Å²) in [4.78, 5) is 5.20. The summed E-state index contributed by atoms with van der Waals surface area (Å²) in [5.74, 6) is 0.507. The summed E-state index contributed by atoms with van der Waals surface area (Å²) in [6, 6.07) is 58.8. The Labute approximate surface area is 299 Å². The standard InChI is InChI=1S/C49H38N2/c1-49(2)45-31-36(24-25-41(45)44-29-34-16-6-7-17-35(34)30-46(44)49)38-26-27-42(40-21-11-10-20-39(38)40)47(28-23-32-13-4-3-5-14-32)51-48(50)43-22-12-18-33-15-8-9-19-37(33)43/h3-22,24-31H,23H2,1-2H3,(H2,50,51)/b47-28-. The van der Waals surface area contributed by atoms with E-state index in [1.807, 2.05) is 0 Å². The molecule has 2 N–H and O–H groups in total. The normalized spacial score (nSPS) is 13.8. The molecule has 0 bridgehead atoms. The van der Waals surface area contributed by atoms with Crippen molar-refractivity contribution in [3.8, 4) is 22.3 Å². The monoisotopic (exact) mass is 654 g/mol. The second kappa shape index (κ2) is 12.3. The van der Waals surface area contributed by atoms with E-state index in [0.29, 0.717) is 5.84 Å². The largest absolute Gasteiger partial charge is 0.383 e. The molecule has 1 aliphatic carbocycles. The van der Waals surface area contributed by atoms with Crippen molar-refractivity contribution in [2.45, 2.75) is 25.7 Å². The molecule has 0 unspecified atom stereocenters. The molecule has 2 nitrogen and oxygen atoms in total. The van der Waals surface area contributed by atoms with E-state index in [0.717, 1.165) is 39.4 Å². The molecule has 1 aliphatic rings. The third-order valence-electron chi connectivity index (χ3n) is 10.7. The van der Waals surface area contributed by atoms with Gasteiger partial charge in [-0.05, 0) is 95.9 Å². The number of benzene rings is 8. The van der Waals surface area contributed by atoms with Crippen LogP contribution >= 0.6 is 0 Å². The molecule has 8 aromatic rings. The zero-order valence-electron chi connectivity index (χ0n) is 28.9. The molecule has 9 rings (SSSR count). The van der Waals surface area contributed by atoms with Crippen LogP contribution in [0, 0.1) is 0 Å². The van der Waals surface area contributed by atoms with Crippen molar-refractivity contribution in [1.82, 2.24) is 0 Å². The fourth-order valence-corrected chi connectivity index (χ4v) is 8.05. The second-order valence-electron chi connectivity index (χ2n) is 14.1. The van der Waals surface area contributed by atoms with Crippen LogP contribution in [0.15, 0.2) is 175 Å². The quantitative estimate of drug-likeness (QED) is 0.141. The highest BCUT2D eigenvalue weighted by Gasteiger charge is 2.36. The van der Waals surface area contributed by atoms with Gasteiger partial charge in [0.2, 0.25) is 0 Å². The van der Waals surface area contributed by atoms with Crippen LogP contribution in [0.3, 0.4) is 0 Å². The van der Waals surface area contributed by atoms with Crippen LogP contribution in [0.2, 0.25) is 0 Å². The van der Waals surface area contributed by atoms with Crippen molar-refractivity contribution < 1.29 is 0 Å². The Balaban J connectivity index is 1.18. The van der Waals surface area contributed by atoms with Gasteiger partial charge in [-0.3, -0.25) is 0 Å². The van der Waals surface area contributed by atoms with Crippen molar-refractivity contribution in [2.24, 2.45) is 10.7 Å². The molecule has 0 aromatic heterocycles. The maximum absolute atomic E-state index is 6.89. The lowest BCUT2D eigenvalue weighted by atomic mass is 9.81. The summed E-state index contributed by atoms with van der Waals surface area (Å²) < 4.78 is 0. The summed E-state index contributed by atoms with van der Waals surface area (Å²) >= 11 is 0. The lowest BCUT2D eigenvalue weighted by molar-refractivity contribution is 0.661. The Kier molecular flexibility index (Phi) is 7.40. The van der Waals surface area contributed by atoms with Crippen LogP contribution in [-0.4, -0.2) is 5.84 Å². The predicted molar refractivity (Wildman–Crippen MR) is 217 cm³/mol. The summed E-state index contributed by atoms with van der Waals surface area (Å²) in [5.41, 5.74) is 18.7. The highest BCUT2D eigenvalue weighted by Crippen LogP contribution is 2.51.